The van der Waals surface area contributed by atoms with E-state index in [4.69, 9.17) is 4.42 Å². The average Bonchev–Trinajstić information content (AvgIpc) is 2.49. The van der Waals surface area contributed by atoms with Crippen molar-refractivity contribution >= 4 is 11.0 Å². The molecule has 0 bridgehead atoms. The second kappa shape index (κ2) is 11.3. The van der Waals surface area contributed by atoms with Crippen LogP contribution in [-0.4, -0.2) is 0 Å². The Kier molecular flexibility index (Phi) is 11.7. The van der Waals surface area contributed by atoms with Gasteiger partial charge in [0.25, 0.3) is 0 Å². The molecule has 0 amide bonds. The summed E-state index contributed by atoms with van der Waals surface area (Å²) in [6.45, 7) is 17.8. The first-order valence-corrected chi connectivity index (χ1v) is 7.59. The maximum absolute atomic E-state index is 11.3. The van der Waals surface area contributed by atoms with Gasteiger partial charge in [0.15, 0.2) is 0 Å². The minimum atomic E-state index is -0.249. The van der Waals surface area contributed by atoms with Crippen molar-refractivity contribution in [3.8, 4) is 0 Å². The normalized spacial score (nSPS) is 8.45. The minimum absolute atomic E-state index is 0.249. The van der Waals surface area contributed by atoms with Gasteiger partial charge in [-0.25, -0.2) is 4.79 Å². The fraction of sp³-hybridized carbons (Fsp3) is 0.500. The second-order valence-corrected chi connectivity index (χ2v) is 3.69. The van der Waals surface area contributed by atoms with Crippen molar-refractivity contribution in [2.75, 3.05) is 0 Å². The first-order chi connectivity index (χ1) is 9.58. The lowest BCUT2D eigenvalue weighted by Crippen LogP contribution is -2.02. The highest BCUT2D eigenvalue weighted by Gasteiger charge is 2.02. The predicted molar refractivity (Wildman–Crippen MR) is 90.7 cm³/mol. The maximum Gasteiger partial charge on any atom is 0.339 e. The van der Waals surface area contributed by atoms with E-state index in [1.54, 1.807) is 6.92 Å². The molecule has 1 aromatic carbocycles. The topological polar surface area (TPSA) is 30.2 Å². The molecule has 0 aliphatic carbocycles. The Bertz CT molecular complexity index is 551. The van der Waals surface area contributed by atoms with Gasteiger partial charge >= 0.3 is 5.63 Å². The molecule has 0 radical (unpaired) electrons. The molecule has 2 aromatic rings. The Labute approximate surface area is 123 Å². The zero-order valence-corrected chi connectivity index (χ0v) is 14.5. The summed E-state index contributed by atoms with van der Waals surface area (Å²) in [7, 11) is 0. The zero-order chi connectivity index (χ0) is 16.3. The third-order valence-electron chi connectivity index (χ3n) is 2.52. The predicted octanol–water partition coefficient (Wildman–Crippen LogP) is 5.80. The van der Waals surface area contributed by atoms with Gasteiger partial charge in [-0.2, -0.15) is 0 Å². The summed E-state index contributed by atoms with van der Waals surface area (Å²) in [5.74, 6) is 0. The molecule has 1 aromatic heterocycles. The first kappa shape index (κ1) is 20.7. The SMILES string of the molecule is CC.CC.CC.Cc1cc2cc(C)c(=O)oc2cc1C. The van der Waals surface area contributed by atoms with Gasteiger partial charge in [-0.3, -0.25) is 0 Å². The summed E-state index contributed by atoms with van der Waals surface area (Å²) in [6, 6.07) is 5.82. The van der Waals surface area contributed by atoms with Crippen molar-refractivity contribution in [1.82, 2.24) is 0 Å². The van der Waals surface area contributed by atoms with Gasteiger partial charge < -0.3 is 4.42 Å². The summed E-state index contributed by atoms with van der Waals surface area (Å²) in [5, 5.41) is 0.991. The quantitative estimate of drug-likeness (QED) is 0.570. The number of hydrogen-bond acceptors (Lipinski definition) is 2. The van der Waals surface area contributed by atoms with Crippen LogP contribution in [0.5, 0.6) is 0 Å². The van der Waals surface area contributed by atoms with Gasteiger partial charge in [0.2, 0.25) is 0 Å². The molecule has 0 saturated carbocycles. The molecular weight excluding hydrogens is 248 g/mol. The molecule has 0 aliphatic rings. The van der Waals surface area contributed by atoms with E-state index in [2.05, 4.69) is 6.92 Å². The van der Waals surface area contributed by atoms with Crippen LogP contribution >= 0.6 is 0 Å². The van der Waals surface area contributed by atoms with E-state index >= 15 is 0 Å². The van der Waals surface area contributed by atoms with E-state index in [1.165, 1.54) is 5.56 Å². The summed E-state index contributed by atoms with van der Waals surface area (Å²) < 4.78 is 5.17. The highest BCUT2D eigenvalue weighted by molar-refractivity contribution is 5.78. The van der Waals surface area contributed by atoms with Crippen LogP contribution in [-0.2, 0) is 0 Å². The van der Waals surface area contributed by atoms with Crippen LogP contribution < -0.4 is 5.63 Å². The number of hydrogen-bond donors (Lipinski definition) is 0. The fourth-order valence-electron chi connectivity index (χ4n) is 1.49. The van der Waals surface area contributed by atoms with Gasteiger partial charge in [-0.15, -0.1) is 0 Å². The lowest BCUT2D eigenvalue weighted by atomic mass is 10.1. The molecule has 0 unspecified atom stereocenters. The molecule has 2 heteroatoms. The van der Waals surface area contributed by atoms with Crippen LogP contribution in [0.2, 0.25) is 0 Å². The Balaban J connectivity index is 0. The third kappa shape index (κ3) is 5.60. The monoisotopic (exact) mass is 278 g/mol. The van der Waals surface area contributed by atoms with E-state index in [1.807, 2.05) is 66.7 Å². The summed E-state index contributed by atoms with van der Waals surface area (Å²) in [5.41, 5.74) is 3.43. The standard InChI is InChI=1S/C12H12O2.3C2H6/c1-7-4-10-5-9(3)12(13)14-11(10)6-8(7)2;3*1-2/h4-6H,1-3H3;3*1-2H3. The molecule has 0 spiro atoms. The van der Waals surface area contributed by atoms with Crippen LogP contribution in [0.1, 0.15) is 58.2 Å². The van der Waals surface area contributed by atoms with E-state index < -0.39 is 0 Å². The van der Waals surface area contributed by atoms with Crippen molar-refractivity contribution in [1.29, 1.82) is 0 Å². The van der Waals surface area contributed by atoms with Crippen molar-refractivity contribution in [2.45, 2.75) is 62.3 Å². The molecule has 0 N–H and O–H groups in total. The van der Waals surface area contributed by atoms with E-state index in [0.29, 0.717) is 11.1 Å². The molecule has 0 aliphatic heterocycles. The molecule has 20 heavy (non-hydrogen) atoms. The van der Waals surface area contributed by atoms with Crippen molar-refractivity contribution in [3.63, 3.8) is 0 Å². The Hall–Kier alpha value is -1.57. The fourth-order valence-corrected chi connectivity index (χ4v) is 1.49. The summed E-state index contributed by atoms with van der Waals surface area (Å²) >= 11 is 0. The molecular formula is C18H30O2. The smallest absolute Gasteiger partial charge is 0.339 e. The van der Waals surface area contributed by atoms with Crippen LogP contribution in [0.3, 0.4) is 0 Å². The summed E-state index contributed by atoms with van der Waals surface area (Å²) in [6.07, 6.45) is 0. The van der Waals surface area contributed by atoms with Crippen molar-refractivity contribution in [3.05, 3.63) is 45.3 Å². The van der Waals surface area contributed by atoms with Gasteiger partial charge in [0, 0.05) is 10.9 Å². The first-order valence-electron chi connectivity index (χ1n) is 7.59. The molecule has 0 fully saturated rings. The highest BCUT2D eigenvalue weighted by atomic mass is 16.4. The molecule has 0 saturated heterocycles. The third-order valence-corrected chi connectivity index (χ3v) is 2.52. The number of fused-ring (bicyclic) bond motifs is 1. The Morgan fingerprint density at radius 1 is 0.700 bits per heavy atom. The lowest BCUT2D eigenvalue weighted by molar-refractivity contribution is 0.555. The summed E-state index contributed by atoms with van der Waals surface area (Å²) in [4.78, 5) is 11.3. The van der Waals surface area contributed by atoms with Gasteiger partial charge in [-0.1, -0.05) is 41.5 Å². The Morgan fingerprint density at radius 3 is 1.60 bits per heavy atom. The van der Waals surface area contributed by atoms with Crippen molar-refractivity contribution in [2.24, 2.45) is 0 Å². The average molecular weight is 278 g/mol. The largest absolute Gasteiger partial charge is 0.423 e. The Morgan fingerprint density at radius 2 is 1.10 bits per heavy atom. The molecule has 1 heterocycles. The highest BCUT2D eigenvalue weighted by Crippen LogP contribution is 2.18. The van der Waals surface area contributed by atoms with E-state index in [0.717, 1.165) is 10.9 Å². The molecule has 2 nitrogen and oxygen atoms in total. The van der Waals surface area contributed by atoms with E-state index in [9.17, 15) is 4.79 Å². The lowest BCUT2D eigenvalue weighted by Gasteiger charge is -2.02. The van der Waals surface area contributed by atoms with E-state index in [-0.39, 0.29) is 5.63 Å². The molecule has 114 valence electrons. The number of aryl methyl sites for hydroxylation is 3. The number of benzene rings is 1. The van der Waals surface area contributed by atoms with Gasteiger partial charge in [0.1, 0.15) is 5.58 Å². The van der Waals surface area contributed by atoms with Crippen molar-refractivity contribution < 1.29 is 4.42 Å². The van der Waals surface area contributed by atoms with Crippen LogP contribution in [0.4, 0.5) is 0 Å². The maximum atomic E-state index is 11.3. The minimum Gasteiger partial charge on any atom is -0.423 e. The van der Waals surface area contributed by atoms with Gasteiger partial charge in [-0.05, 0) is 50.1 Å². The molecule has 2 rings (SSSR count). The number of rotatable bonds is 0. The van der Waals surface area contributed by atoms with Gasteiger partial charge in [0.05, 0.1) is 0 Å². The van der Waals surface area contributed by atoms with Crippen LogP contribution in [0, 0.1) is 20.8 Å². The van der Waals surface area contributed by atoms with Crippen LogP contribution in [0.25, 0.3) is 11.0 Å². The van der Waals surface area contributed by atoms with Crippen LogP contribution in [0.15, 0.2) is 27.4 Å². The second-order valence-electron chi connectivity index (χ2n) is 3.69. The molecule has 0 atom stereocenters. The zero-order valence-electron chi connectivity index (χ0n) is 14.5.